The molecule has 0 atom stereocenters. The molecular weight excluding hydrogens is 653 g/mol. The molecule has 0 bridgehead atoms. The lowest BCUT2D eigenvalue weighted by atomic mass is 9.77. The monoisotopic (exact) mass is 686 g/mol. The van der Waals surface area contributed by atoms with Crippen molar-refractivity contribution in [2.75, 3.05) is 19.6 Å². The van der Waals surface area contributed by atoms with Crippen LogP contribution in [0.1, 0.15) is 11.1 Å². The van der Waals surface area contributed by atoms with Gasteiger partial charge in [0.15, 0.2) is 5.82 Å². The van der Waals surface area contributed by atoms with E-state index in [2.05, 4.69) is 19.9 Å². The zero-order chi connectivity index (χ0) is 34.1. The summed E-state index contributed by atoms with van der Waals surface area (Å²) in [6.07, 6.45) is 7.90. The van der Waals surface area contributed by atoms with E-state index in [0.717, 1.165) is 50.4 Å². The van der Waals surface area contributed by atoms with E-state index in [1.54, 1.807) is 36.5 Å². The van der Waals surface area contributed by atoms with E-state index in [-0.39, 0.29) is 11.6 Å². The Kier molecular flexibility index (Phi) is 13.5. The van der Waals surface area contributed by atoms with Crippen LogP contribution < -0.4 is 5.46 Å². The molecule has 3 N–H and O–H groups in total. The molecule has 4 heterocycles. The van der Waals surface area contributed by atoms with Crippen LogP contribution in [-0.4, -0.2) is 71.0 Å². The Morgan fingerprint density at radius 2 is 1.22 bits per heavy atom. The van der Waals surface area contributed by atoms with Crippen molar-refractivity contribution in [3.63, 3.8) is 0 Å². The molecule has 9 nitrogen and oxygen atoms in total. The Bertz CT molecular complexity index is 1940. The molecule has 242 valence electrons. The first-order valence-corrected chi connectivity index (χ1v) is 16.5. The summed E-state index contributed by atoms with van der Waals surface area (Å²) in [4.78, 5) is 17.5. The number of benzene rings is 2. The number of thioether (sulfide) groups is 2. The highest BCUT2D eigenvalue weighted by Gasteiger charge is 2.14. The Morgan fingerprint density at radius 3 is 1.72 bits per heavy atom. The van der Waals surface area contributed by atoms with Crippen LogP contribution >= 0.6 is 35.1 Å². The van der Waals surface area contributed by atoms with Crippen molar-refractivity contribution >= 4 is 69.8 Å². The fourth-order valence-corrected chi connectivity index (χ4v) is 5.76. The van der Waals surface area contributed by atoms with E-state index in [4.69, 9.17) is 26.8 Å². The van der Waals surface area contributed by atoms with Gasteiger partial charge in [0.05, 0.1) is 10.8 Å². The molecule has 46 heavy (non-hydrogen) atoms. The van der Waals surface area contributed by atoms with Gasteiger partial charge in [-0.15, -0.1) is 23.5 Å². The quantitative estimate of drug-likeness (QED) is 0.0946. The van der Waals surface area contributed by atoms with Crippen molar-refractivity contribution in [2.24, 2.45) is 14.1 Å². The summed E-state index contributed by atoms with van der Waals surface area (Å²) in [7, 11) is 3.38. The summed E-state index contributed by atoms with van der Waals surface area (Å²) >= 11 is 8.95. The van der Waals surface area contributed by atoms with Crippen LogP contribution in [0.15, 0.2) is 71.0 Å². The highest BCUT2D eigenvalue weighted by Crippen LogP contribution is 2.29. The number of aliphatic hydroxyl groups excluding tert-OH is 1. The molecule has 6 rings (SSSR count). The predicted octanol–water partition coefficient (Wildman–Crippen LogP) is 5.57. The van der Waals surface area contributed by atoms with Crippen LogP contribution in [0.2, 0.25) is 5.28 Å². The summed E-state index contributed by atoms with van der Waals surface area (Å²) in [6, 6.07) is 12.5. The van der Waals surface area contributed by atoms with Crippen molar-refractivity contribution in [1.29, 1.82) is 0 Å². The third-order valence-corrected chi connectivity index (χ3v) is 8.24. The largest absolute Gasteiger partial charge is 0.488 e. The predicted molar refractivity (Wildman–Crippen MR) is 185 cm³/mol. The van der Waals surface area contributed by atoms with E-state index < -0.39 is 7.12 Å². The van der Waals surface area contributed by atoms with Crippen molar-refractivity contribution in [3.8, 4) is 11.4 Å². The number of hydrogen-bond donors (Lipinski definition) is 3. The van der Waals surface area contributed by atoms with E-state index in [9.17, 15) is 8.78 Å². The molecular formula is C31H34BClF2N6O3S2. The molecule has 2 aromatic carbocycles. The number of halogens is 3. The molecule has 0 aliphatic heterocycles. The molecule has 0 saturated carbocycles. The summed E-state index contributed by atoms with van der Waals surface area (Å²) < 4.78 is 29.6. The molecule has 0 aliphatic carbocycles. The lowest BCUT2D eigenvalue weighted by Crippen LogP contribution is -2.31. The Hall–Kier alpha value is -3.53. The van der Waals surface area contributed by atoms with Gasteiger partial charge in [-0.1, -0.05) is 6.07 Å². The number of aryl methyl sites for hydroxylation is 4. The van der Waals surface area contributed by atoms with Gasteiger partial charge in [0, 0.05) is 39.2 Å². The standard InChI is InChI=1S/C15H14FN3S.C8H8ClN3S.C7H8BFO2.CH4O/c1-9-8-10(16)4-5-11(9)13-17-14-12(6-7-19(14)2)15(18-13)20-3;1-12-4-3-5-6(12)10-8(9)11-7(5)13-2;1-5-4-6(9)2-3-7(5)8(10)11;1-2/h4-8H,1-3H3;3-4H,1-2H3;2-4,10-11H,1H3;2H,1H3. The minimum Gasteiger partial charge on any atom is -0.423 e. The lowest BCUT2D eigenvalue weighted by molar-refractivity contribution is 0.399. The maximum atomic E-state index is 13.2. The average molecular weight is 687 g/mol. The molecule has 0 radical (unpaired) electrons. The number of aromatic nitrogens is 6. The Balaban J connectivity index is 0.000000193. The average Bonchev–Trinajstić information content (AvgIpc) is 3.59. The number of rotatable bonds is 4. The second-order valence-corrected chi connectivity index (χ2v) is 11.6. The van der Waals surface area contributed by atoms with Gasteiger partial charge in [0.2, 0.25) is 5.28 Å². The molecule has 0 aliphatic rings. The van der Waals surface area contributed by atoms with Crippen LogP contribution in [-0.2, 0) is 14.1 Å². The minimum absolute atomic E-state index is 0.240. The van der Waals surface area contributed by atoms with Gasteiger partial charge in [0.25, 0.3) is 0 Å². The molecule has 4 aromatic heterocycles. The van der Waals surface area contributed by atoms with Gasteiger partial charge in [-0.3, -0.25) is 0 Å². The molecule has 0 amide bonds. The molecule has 0 unspecified atom stereocenters. The van der Waals surface area contributed by atoms with Crippen molar-refractivity contribution in [3.05, 3.63) is 89.0 Å². The summed E-state index contributed by atoms with van der Waals surface area (Å²) in [6.45, 7) is 3.49. The van der Waals surface area contributed by atoms with Crippen molar-refractivity contribution < 1.29 is 23.9 Å². The van der Waals surface area contributed by atoms with E-state index >= 15 is 0 Å². The maximum Gasteiger partial charge on any atom is 0.488 e. The molecule has 0 saturated heterocycles. The number of nitrogens with zero attached hydrogens (tertiary/aromatic N) is 6. The van der Waals surface area contributed by atoms with Gasteiger partial charge in [-0.25, -0.2) is 23.7 Å². The fraction of sp³-hybridized carbons (Fsp3) is 0.226. The van der Waals surface area contributed by atoms with Crippen LogP contribution in [0.4, 0.5) is 8.78 Å². The highest BCUT2D eigenvalue weighted by atomic mass is 35.5. The van der Waals surface area contributed by atoms with E-state index in [1.165, 1.54) is 30.3 Å². The van der Waals surface area contributed by atoms with Gasteiger partial charge in [-0.05, 0) is 97.0 Å². The zero-order valence-corrected chi connectivity index (χ0v) is 28.7. The van der Waals surface area contributed by atoms with Crippen LogP contribution in [0, 0.1) is 25.5 Å². The molecule has 6 aromatic rings. The van der Waals surface area contributed by atoms with Gasteiger partial charge in [0.1, 0.15) is 33.0 Å². The molecule has 0 spiro atoms. The first kappa shape index (κ1) is 36.9. The highest BCUT2D eigenvalue weighted by molar-refractivity contribution is 7.99. The molecule has 0 fully saturated rings. The van der Waals surface area contributed by atoms with Crippen molar-refractivity contribution in [1.82, 2.24) is 29.1 Å². The maximum absolute atomic E-state index is 13.2. The van der Waals surface area contributed by atoms with Gasteiger partial charge >= 0.3 is 7.12 Å². The van der Waals surface area contributed by atoms with Crippen LogP contribution in [0.25, 0.3) is 33.5 Å². The third kappa shape index (κ3) is 8.84. The number of aliphatic hydroxyl groups is 1. The second kappa shape index (κ2) is 16.9. The van der Waals surface area contributed by atoms with Crippen LogP contribution in [0.3, 0.4) is 0 Å². The van der Waals surface area contributed by atoms with E-state index in [1.807, 2.05) is 67.2 Å². The summed E-state index contributed by atoms with van der Waals surface area (Å²) in [5.74, 6) is 0.0318. The summed E-state index contributed by atoms with van der Waals surface area (Å²) in [5, 5.41) is 28.7. The van der Waals surface area contributed by atoms with Gasteiger partial charge in [-0.2, -0.15) is 4.98 Å². The van der Waals surface area contributed by atoms with Gasteiger partial charge < -0.3 is 24.3 Å². The normalized spacial score (nSPS) is 10.5. The van der Waals surface area contributed by atoms with Crippen molar-refractivity contribution in [2.45, 2.75) is 23.9 Å². The van der Waals surface area contributed by atoms with Crippen LogP contribution in [0.5, 0.6) is 0 Å². The number of hydrogen-bond acceptors (Lipinski definition) is 9. The lowest BCUT2D eigenvalue weighted by Gasteiger charge is -2.08. The zero-order valence-electron chi connectivity index (χ0n) is 26.3. The first-order chi connectivity index (χ1) is 21.9. The fourth-order valence-electron chi connectivity index (χ4n) is 4.43. The topological polar surface area (TPSA) is 122 Å². The minimum atomic E-state index is -1.52. The van der Waals surface area contributed by atoms with E-state index in [0.29, 0.717) is 22.1 Å². The number of fused-ring (bicyclic) bond motifs is 2. The second-order valence-electron chi connectivity index (χ2n) is 9.72. The SMILES string of the molecule is CO.CSc1nc(-c2ccc(F)cc2C)nc2c1ccn2C.CSc1nc(Cl)nc2c1ccn2C.Cc1cc(F)ccc1B(O)O. The first-order valence-electron chi connectivity index (χ1n) is 13.7. The third-order valence-electron chi connectivity index (χ3n) is 6.68. The Labute approximate surface area is 279 Å². The Morgan fingerprint density at radius 1 is 0.717 bits per heavy atom. The summed E-state index contributed by atoms with van der Waals surface area (Å²) in [5.41, 5.74) is 4.36. The smallest absolute Gasteiger partial charge is 0.423 e. The molecule has 15 heteroatoms.